The molecular weight excluding hydrogens is 146 g/mol. The molecule has 0 saturated carbocycles. The molecule has 1 unspecified atom stereocenters. The molecule has 0 radical (unpaired) electrons. The van der Waals surface area contributed by atoms with Gasteiger partial charge in [-0.3, -0.25) is 0 Å². The predicted molar refractivity (Wildman–Crippen MR) is 40.2 cm³/mol. The number of hydrogen-bond donors (Lipinski definition) is 2. The van der Waals surface area contributed by atoms with E-state index >= 15 is 0 Å². The van der Waals surface area contributed by atoms with Crippen molar-refractivity contribution in [3.8, 4) is 0 Å². The van der Waals surface area contributed by atoms with Crippen LogP contribution in [0.25, 0.3) is 0 Å². The van der Waals surface area contributed by atoms with Crippen molar-refractivity contribution in [3.05, 3.63) is 0 Å². The second kappa shape index (κ2) is 2.71. The van der Waals surface area contributed by atoms with Crippen molar-refractivity contribution in [2.24, 2.45) is 5.73 Å². The largest absolute Gasteiger partial charge is 0.383 e. The van der Waals surface area contributed by atoms with Crippen LogP contribution in [0.15, 0.2) is 0 Å². The summed E-state index contributed by atoms with van der Waals surface area (Å²) in [6.07, 6.45) is 0. The lowest BCUT2D eigenvalue weighted by Crippen LogP contribution is -2.70. The molecule has 1 rings (SSSR count). The number of ether oxygens (including phenoxy) is 2. The van der Waals surface area contributed by atoms with Gasteiger partial charge in [-0.15, -0.1) is 0 Å². The van der Waals surface area contributed by atoms with E-state index < -0.39 is 11.1 Å². The van der Waals surface area contributed by atoms with Crippen molar-refractivity contribution in [1.82, 2.24) is 0 Å². The van der Waals surface area contributed by atoms with E-state index in [1.165, 1.54) is 0 Å². The van der Waals surface area contributed by atoms with Crippen LogP contribution in [0.1, 0.15) is 6.92 Å². The molecule has 0 spiro atoms. The lowest BCUT2D eigenvalue weighted by Gasteiger charge is -2.47. The Labute approximate surface area is 66.3 Å². The summed E-state index contributed by atoms with van der Waals surface area (Å²) in [6.45, 7) is 2.72. The van der Waals surface area contributed by atoms with Crippen LogP contribution in [0.4, 0.5) is 0 Å². The van der Waals surface area contributed by atoms with Crippen LogP contribution in [0, 0.1) is 0 Å². The first-order valence-electron chi connectivity index (χ1n) is 3.60. The molecule has 0 amide bonds. The molecule has 0 aromatic carbocycles. The summed E-state index contributed by atoms with van der Waals surface area (Å²) in [5, 5.41) is 9.74. The highest BCUT2D eigenvalue weighted by atomic mass is 16.5. The molecule has 1 aliphatic rings. The maximum Gasteiger partial charge on any atom is 0.131 e. The number of rotatable bonds is 3. The highest BCUT2D eigenvalue weighted by molar-refractivity contribution is 5.04. The molecule has 0 aromatic rings. The molecule has 0 aliphatic carbocycles. The third-order valence-electron chi connectivity index (χ3n) is 2.19. The second-order valence-electron chi connectivity index (χ2n) is 3.37. The normalized spacial score (nSPS) is 27.3. The summed E-state index contributed by atoms with van der Waals surface area (Å²) < 4.78 is 9.77. The minimum atomic E-state index is -0.900. The summed E-state index contributed by atoms with van der Waals surface area (Å²) in [5.41, 5.74) is 4.20. The van der Waals surface area contributed by atoms with Crippen molar-refractivity contribution >= 4 is 0 Å². The van der Waals surface area contributed by atoms with Crippen molar-refractivity contribution in [2.45, 2.75) is 18.1 Å². The lowest BCUT2D eigenvalue weighted by molar-refractivity contribution is -0.218. The van der Waals surface area contributed by atoms with Crippen LogP contribution in [-0.4, -0.2) is 43.2 Å². The highest BCUT2D eigenvalue weighted by Crippen LogP contribution is 2.27. The molecule has 1 fully saturated rings. The Hall–Kier alpha value is -0.160. The first kappa shape index (κ1) is 8.93. The minimum absolute atomic E-state index is 0.309. The fraction of sp³-hybridized carbons (Fsp3) is 1.00. The molecule has 1 atom stereocenters. The third kappa shape index (κ3) is 1.39. The van der Waals surface area contributed by atoms with E-state index in [4.69, 9.17) is 15.2 Å². The molecule has 1 saturated heterocycles. The van der Waals surface area contributed by atoms with Crippen LogP contribution in [-0.2, 0) is 9.47 Å². The molecule has 4 heteroatoms. The Kier molecular flexibility index (Phi) is 2.20. The van der Waals surface area contributed by atoms with Gasteiger partial charge in [-0.05, 0) is 6.92 Å². The van der Waals surface area contributed by atoms with Crippen molar-refractivity contribution < 1.29 is 14.6 Å². The average Bonchev–Trinajstić information content (AvgIpc) is 1.82. The zero-order valence-corrected chi connectivity index (χ0v) is 6.96. The third-order valence-corrected chi connectivity index (χ3v) is 2.19. The van der Waals surface area contributed by atoms with Gasteiger partial charge in [0.15, 0.2) is 0 Å². The van der Waals surface area contributed by atoms with Crippen LogP contribution >= 0.6 is 0 Å². The summed E-state index contributed by atoms with van der Waals surface area (Å²) in [5.74, 6) is 0. The van der Waals surface area contributed by atoms with Crippen molar-refractivity contribution in [1.29, 1.82) is 0 Å². The quantitative estimate of drug-likeness (QED) is 0.563. The molecule has 66 valence electrons. The van der Waals surface area contributed by atoms with Gasteiger partial charge in [0, 0.05) is 7.11 Å². The van der Waals surface area contributed by atoms with Gasteiger partial charge in [0.05, 0.1) is 25.4 Å². The van der Waals surface area contributed by atoms with Gasteiger partial charge in [-0.25, -0.2) is 0 Å². The van der Waals surface area contributed by atoms with Gasteiger partial charge in [0.1, 0.15) is 5.60 Å². The Morgan fingerprint density at radius 1 is 1.73 bits per heavy atom. The minimum Gasteiger partial charge on any atom is -0.383 e. The van der Waals surface area contributed by atoms with E-state index in [1.807, 2.05) is 0 Å². The number of methoxy groups -OCH3 is 1. The smallest absolute Gasteiger partial charge is 0.131 e. The number of nitrogens with two attached hydrogens (primary N) is 1. The summed E-state index contributed by atoms with van der Waals surface area (Å²) in [7, 11) is 1.56. The van der Waals surface area contributed by atoms with Gasteiger partial charge in [0.25, 0.3) is 0 Å². The molecular formula is C7H15NO3. The summed E-state index contributed by atoms with van der Waals surface area (Å²) in [6, 6.07) is 0. The Morgan fingerprint density at radius 2 is 2.27 bits per heavy atom. The average molecular weight is 161 g/mol. The Morgan fingerprint density at radius 3 is 2.55 bits per heavy atom. The maximum atomic E-state index is 9.74. The SMILES string of the molecule is COCC(C)(N)C1(O)COC1. The standard InChI is InChI=1S/C7H15NO3/c1-6(8,3-10-2)7(9)4-11-5-7/h9H,3-5,8H2,1-2H3. The molecule has 1 aliphatic heterocycles. The van der Waals surface area contributed by atoms with E-state index in [1.54, 1.807) is 14.0 Å². The van der Waals surface area contributed by atoms with E-state index in [2.05, 4.69) is 0 Å². The Balaban J connectivity index is 2.55. The zero-order chi connectivity index (χ0) is 8.54. The predicted octanol–water partition coefficient (Wildman–Crippen LogP) is -0.888. The fourth-order valence-electron chi connectivity index (χ4n) is 1.06. The van der Waals surface area contributed by atoms with Gasteiger partial charge in [-0.2, -0.15) is 0 Å². The maximum absolute atomic E-state index is 9.74. The highest BCUT2D eigenvalue weighted by Gasteiger charge is 2.50. The molecule has 11 heavy (non-hydrogen) atoms. The number of hydrogen-bond acceptors (Lipinski definition) is 4. The Bertz CT molecular complexity index is 143. The van der Waals surface area contributed by atoms with Gasteiger partial charge < -0.3 is 20.3 Å². The van der Waals surface area contributed by atoms with Gasteiger partial charge in [0.2, 0.25) is 0 Å². The van der Waals surface area contributed by atoms with Crippen LogP contribution in [0.3, 0.4) is 0 Å². The summed E-state index contributed by atoms with van der Waals surface area (Å²) >= 11 is 0. The number of aliphatic hydroxyl groups is 1. The first-order chi connectivity index (χ1) is 5.02. The van der Waals surface area contributed by atoms with Crippen molar-refractivity contribution in [3.63, 3.8) is 0 Å². The van der Waals surface area contributed by atoms with Crippen molar-refractivity contribution in [2.75, 3.05) is 26.9 Å². The van der Waals surface area contributed by atoms with E-state index in [0.717, 1.165) is 0 Å². The molecule has 3 N–H and O–H groups in total. The van der Waals surface area contributed by atoms with Crippen LogP contribution < -0.4 is 5.73 Å². The fourth-order valence-corrected chi connectivity index (χ4v) is 1.06. The lowest BCUT2D eigenvalue weighted by atomic mass is 9.81. The monoisotopic (exact) mass is 161 g/mol. The van der Waals surface area contributed by atoms with E-state index in [9.17, 15) is 5.11 Å². The van der Waals surface area contributed by atoms with Crippen LogP contribution in [0.2, 0.25) is 0 Å². The summed E-state index contributed by atoms with van der Waals surface area (Å²) in [4.78, 5) is 0. The van der Waals surface area contributed by atoms with Gasteiger partial charge >= 0.3 is 0 Å². The zero-order valence-electron chi connectivity index (χ0n) is 6.96. The first-order valence-corrected chi connectivity index (χ1v) is 3.60. The van der Waals surface area contributed by atoms with Crippen LogP contribution in [0.5, 0.6) is 0 Å². The molecule has 0 aromatic heterocycles. The molecule has 4 nitrogen and oxygen atoms in total. The van der Waals surface area contributed by atoms with E-state index in [-0.39, 0.29) is 0 Å². The second-order valence-corrected chi connectivity index (χ2v) is 3.37. The topological polar surface area (TPSA) is 64.7 Å². The van der Waals surface area contributed by atoms with Gasteiger partial charge in [-0.1, -0.05) is 0 Å². The molecule has 0 bridgehead atoms. The van der Waals surface area contributed by atoms with E-state index in [0.29, 0.717) is 19.8 Å². The molecule has 1 heterocycles.